The summed E-state index contributed by atoms with van der Waals surface area (Å²) in [6, 6.07) is 13.6. The second kappa shape index (κ2) is 9.79. The molecule has 9 heteroatoms. The average Bonchev–Trinajstić information content (AvgIpc) is 2.78. The number of rotatable bonds is 8. The van der Waals surface area contributed by atoms with Gasteiger partial charge < -0.3 is 10.2 Å². The first kappa shape index (κ1) is 23.9. The zero-order valence-electron chi connectivity index (χ0n) is 18.3. The smallest absolute Gasteiger partial charge is 0.247 e. The second-order valence-electron chi connectivity index (χ2n) is 8.07. The molecule has 0 saturated carbocycles. The van der Waals surface area contributed by atoms with Crippen molar-refractivity contribution in [3.63, 3.8) is 0 Å². The molecule has 1 N–H and O–H groups in total. The summed E-state index contributed by atoms with van der Waals surface area (Å²) in [6.07, 6.45) is 1.51. The van der Waals surface area contributed by atoms with E-state index in [4.69, 9.17) is 0 Å². The maximum atomic E-state index is 13.3. The van der Waals surface area contributed by atoms with E-state index in [1.54, 1.807) is 37.3 Å². The molecule has 2 aromatic carbocycles. The van der Waals surface area contributed by atoms with Crippen molar-refractivity contribution in [2.75, 3.05) is 19.6 Å². The van der Waals surface area contributed by atoms with E-state index in [1.807, 2.05) is 6.92 Å². The first-order valence-electron chi connectivity index (χ1n) is 10.6. The molecule has 0 bridgehead atoms. The van der Waals surface area contributed by atoms with Crippen molar-refractivity contribution in [3.05, 3.63) is 66.0 Å². The van der Waals surface area contributed by atoms with Crippen LogP contribution in [-0.2, 0) is 26.2 Å². The zero-order chi connectivity index (χ0) is 23.4. The number of piperazine rings is 1. The molecule has 1 saturated heterocycles. The molecule has 7 nitrogen and oxygen atoms in total. The van der Waals surface area contributed by atoms with E-state index in [0.29, 0.717) is 18.5 Å². The summed E-state index contributed by atoms with van der Waals surface area (Å²) in [5, 5.41) is 2.79. The molecule has 0 spiro atoms. The van der Waals surface area contributed by atoms with Gasteiger partial charge in [0, 0.05) is 19.6 Å². The standard InChI is InChI=1S/C23H28FN3O4S/c1-3-4-14-27-21(28)16-26(32(30,31)20-8-6-5-7-9-20)17-23(27,2)22(29)25-15-18-10-12-19(24)13-11-18/h5-13H,3-4,14-17H2,1-2H3,(H,25,29)/t23-/m1/s1. The van der Waals surface area contributed by atoms with Crippen LogP contribution in [0.2, 0.25) is 0 Å². The van der Waals surface area contributed by atoms with E-state index >= 15 is 0 Å². The topological polar surface area (TPSA) is 86.8 Å². The number of amides is 2. The molecular weight excluding hydrogens is 433 g/mol. The number of halogens is 1. The highest BCUT2D eigenvalue weighted by Gasteiger charge is 2.50. The lowest BCUT2D eigenvalue weighted by atomic mass is 9.95. The Labute approximate surface area is 188 Å². The first-order valence-corrected chi connectivity index (χ1v) is 12.0. The SMILES string of the molecule is CCCCN1C(=O)CN(S(=O)(=O)c2ccccc2)C[C@]1(C)C(=O)NCc1ccc(F)cc1. The first-order chi connectivity index (χ1) is 15.2. The molecule has 1 fully saturated rings. The molecular formula is C23H28FN3O4S. The van der Waals surface area contributed by atoms with Gasteiger partial charge in [0.15, 0.2) is 0 Å². The molecule has 0 unspecified atom stereocenters. The van der Waals surface area contributed by atoms with Crippen molar-refractivity contribution in [1.82, 2.24) is 14.5 Å². The Hall–Kier alpha value is -2.78. The van der Waals surface area contributed by atoms with Crippen molar-refractivity contribution in [2.24, 2.45) is 0 Å². The van der Waals surface area contributed by atoms with Gasteiger partial charge in [-0.25, -0.2) is 12.8 Å². The molecule has 0 radical (unpaired) electrons. The van der Waals surface area contributed by atoms with Gasteiger partial charge in [0.1, 0.15) is 11.4 Å². The monoisotopic (exact) mass is 461 g/mol. The fourth-order valence-electron chi connectivity index (χ4n) is 3.76. The van der Waals surface area contributed by atoms with Crippen LogP contribution in [0.3, 0.4) is 0 Å². The molecule has 2 amide bonds. The highest BCUT2D eigenvalue weighted by Crippen LogP contribution is 2.28. The second-order valence-corrected chi connectivity index (χ2v) is 10.0. The number of hydrogen-bond acceptors (Lipinski definition) is 4. The third-order valence-electron chi connectivity index (χ3n) is 5.66. The van der Waals surface area contributed by atoms with Crippen LogP contribution in [0.5, 0.6) is 0 Å². The van der Waals surface area contributed by atoms with Crippen LogP contribution in [0.25, 0.3) is 0 Å². The minimum Gasteiger partial charge on any atom is -0.350 e. The van der Waals surface area contributed by atoms with Gasteiger partial charge in [-0.1, -0.05) is 43.7 Å². The van der Waals surface area contributed by atoms with Gasteiger partial charge in [-0.3, -0.25) is 9.59 Å². The maximum Gasteiger partial charge on any atom is 0.247 e. The Morgan fingerprint density at radius 2 is 1.78 bits per heavy atom. The quantitative estimate of drug-likeness (QED) is 0.655. The lowest BCUT2D eigenvalue weighted by Crippen LogP contribution is -2.69. The summed E-state index contributed by atoms with van der Waals surface area (Å²) in [5.41, 5.74) is -0.689. The van der Waals surface area contributed by atoms with E-state index < -0.39 is 27.4 Å². The largest absolute Gasteiger partial charge is 0.350 e. The molecule has 2 aromatic rings. The number of benzene rings is 2. The minimum atomic E-state index is -3.95. The molecule has 1 atom stereocenters. The van der Waals surface area contributed by atoms with Crippen LogP contribution < -0.4 is 5.32 Å². The number of carbonyl (C=O) groups is 2. The zero-order valence-corrected chi connectivity index (χ0v) is 19.1. The van der Waals surface area contributed by atoms with Crippen molar-refractivity contribution in [2.45, 2.75) is 43.7 Å². The van der Waals surface area contributed by atoms with E-state index in [1.165, 1.54) is 29.2 Å². The minimum absolute atomic E-state index is 0.0730. The Balaban J connectivity index is 1.87. The number of nitrogens with zero attached hydrogens (tertiary/aromatic N) is 2. The van der Waals surface area contributed by atoms with Gasteiger partial charge in [-0.15, -0.1) is 0 Å². The van der Waals surface area contributed by atoms with Gasteiger partial charge in [0.2, 0.25) is 21.8 Å². The lowest BCUT2D eigenvalue weighted by Gasteiger charge is -2.46. The third-order valence-corrected chi connectivity index (χ3v) is 7.47. The summed E-state index contributed by atoms with van der Waals surface area (Å²) < 4.78 is 40.6. The van der Waals surface area contributed by atoms with E-state index in [9.17, 15) is 22.4 Å². The molecule has 1 aliphatic heterocycles. The molecule has 0 aromatic heterocycles. The third kappa shape index (κ3) is 4.99. The van der Waals surface area contributed by atoms with Crippen LogP contribution in [-0.4, -0.2) is 54.6 Å². The van der Waals surface area contributed by atoms with E-state index in [-0.39, 0.29) is 30.3 Å². The highest BCUT2D eigenvalue weighted by molar-refractivity contribution is 7.89. The highest BCUT2D eigenvalue weighted by atomic mass is 32.2. The van der Waals surface area contributed by atoms with E-state index in [0.717, 1.165) is 10.7 Å². The lowest BCUT2D eigenvalue weighted by molar-refractivity contribution is -0.152. The fraction of sp³-hybridized carbons (Fsp3) is 0.391. The van der Waals surface area contributed by atoms with Crippen LogP contribution >= 0.6 is 0 Å². The molecule has 3 rings (SSSR count). The number of sulfonamides is 1. The number of nitrogens with one attached hydrogen (secondary N) is 1. The number of hydrogen-bond donors (Lipinski definition) is 1. The Bertz CT molecular complexity index is 1060. The number of carbonyl (C=O) groups excluding carboxylic acids is 2. The van der Waals surface area contributed by atoms with Crippen molar-refractivity contribution < 1.29 is 22.4 Å². The van der Waals surface area contributed by atoms with E-state index in [2.05, 4.69) is 5.32 Å². The molecule has 1 aliphatic rings. The predicted octanol–water partition coefficient (Wildman–Crippen LogP) is 2.53. The number of unbranched alkanes of at least 4 members (excludes halogenated alkanes) is 1. The van der Waals surface area contributed by atoms with Crippen LogP contribution in [0, 0.1) is 5.82 Å². The van der Waals surface area contributed by atoms with Crippen LogP contribution in [0.1, 0.15) is 32.3 Å². The average molecular weight is 462 g/mol. The normalized spacial score (nSPS) is 19.7. The predicted molar refractivity (Wildman–Crippen MR) is 118 cm³/mol. The van der Waals surface area contributed by atoms with Crippen molar-refractivity contribution in [1.29, 1.82) is 0 Å². The van der Waals surface area contributed by atoms with Gasteiger partial charge >= 0.3 is 0 Å². The summed E-state index contributed by atoms with van der Waals surface area (Å²) in [7, 11) is -3.95. The van der Waals surface area contributed by atoms with Crippen LogP contribution in [0.15, 0.2) is 59.5 Å². The summed E-state index contributed by atoms with van der Waals surface area (Å²) in [6.45, 7) is 3.58. The Morgan fingerprint density at radius 3 is 2.41 bits per heavy atom. The van der Waals surface area contributed by atoms with Gasteiger partial charge in [0.05, 0.1) is 11.4 Å². The fourth-order valence-corrected chi connectivity index (χ4v) is 5.27. The molecule has 32 heavy (non-hydrogen) atoms. The Morgan fingerprint density at radius 1 is 1.12 bits per heavy atom. The molecule has 172 valence electrons. The molecule has 1 heterocycles. The van der Waals surface area contributed by atoms with Gasteiger partial charge in [0.25, 0.3) is 0 Å². The van der Waals surface area contributed by atoms with Crippen LogP contribution in [0.4, 0.5) is 4.39 Å². The van der Waals surface area contributed by atoms with Crippen molar-refractivity contribution >= 4 is 21.8 Å². The Kier molecular flexibility index (Phi) is 7.30. The summed E-state index contributed by atoms with van der Waals surface area (Å²) in [4.78, 5) is 27.9. The summed E-state index contributed by atoms with van der Waals surface area (Å²) >= 11 is 0. The maximum absolute atomic E-state index is 13.3. The van der Waals surface area contributed by atoms with Crippen molar-refractivity contribution in [3.8, 4) is 0 Å². The van der Waals surface area contributed by atoms with Gasteiger partial charge in [-0.2, -0.15) is 4.31 Å². The van der Waals surface area contributed by atoms with Gasteiger partial charge in [-0.05, 0) is 43.2 Å². The summed E-state index contributed by atoms with van der Waals surface area (Å²) in [5.74, 6) is -1.25. The molecule has 0 aliphatic carbocycles.